The average molecular weight is 305 g/mol. The molecule has 0 saturated carbocycles. The van der Waals surface area contributed by atoms with Crippen molar-refractivity contribution in [1.82, 2.24) is 9.78 Å². The van der Waals surface area contributed by atoms with E-state index in [9.17, 15) is 5.11 Å². The molecule has 0 radical (unpaired) electrons. The Kier molecular flexibility index (Phi) is 4.02. The first-order valence-electron chi connectivity index (χ1n) is 5.56. The highest BCUT2D eigenvalue weighted by Gasteiger charge is 2.26. The van der Waals surface area contributed by atoms with E-state index in [0.717, 1.165) is 5.69 Å². The van der Waals surface area contributed by atoms with Crippen molar-refractivity contribution in [1.29, 1.82) is 0 Å². The molecule has 0 aliphatic carbocycles. The van der Waals surface area contributed by atoms with Gasteiger partial charge in [0, 0.05) is 12.6 Å². The first kappa shape index (κ1) is 13.9. The average Bonchev–Trinajstić information content (AvgIpc) is 2.84. The summed E-state index contributed by atoms with van der Waals surface area (Å²) in [7, 11) is 1.76. The molecule has 0 aliphatic rings. The molecule has 6 heteroatoms. The van der Waals surface area contributed by atoms with Gasteiger partial charge in [-0.25, -0.2) is 0 Å². The number of aryl methyl sites for hydroxylation is 1. The molecule has 98 valence electrons. The summed E-state index contributed by atoms with van der Waals surface area (Å²) >= 11 is 13.7. The van der Waals surface area contributed by atoms with Crippen molar-refractivity contribution in [3.63, 3.8) is 0 Å². The molecule has 0 amide bonds. The minimum Gasteiger partial charge on any atom is -0.383 e. The predicted octanol–water partition coefficient (Wildman–Crippen LogP) is 3.99. The third-order valence-corrected chi connectivity index (χ3v) is 4.61. The van der Waals surface area contributed by atoms with E-state index < -0.39 is 6.10 Å². The van der Waals surface area contributed by atoms with Crippen molar-refractivity contribution in [3.8, 4) is 0 Å². The number of halogens is 2. The third kappa shape index (κ3) is 2.30. The fourth-order valence-corrected chi connectivity index (χ4v) is 3.24. The van der Waals surface area contributed by atoms with Crippen LogP contribution in [0.2, 0.25) is 10.2 Å². The lowest BCUT2D eigenvalue weighted by atomic mass is 10.0. The van der Waals surface area contributed by atoms with Crippen molar-refractivity contribution < 1.29 is 5.11 Å². The van der Waals surface area contributed by atoms with Crippen molar-refractivity contribution in [2.75, 3.05) is 0 Å². The Morgan fingerprint density at radius 3 is 2.56 bits per heavy atom. The van der Waals surface area contributed by atoms with Gasteiger partial charge in [0.05, 0.1) is 15.6 Å². The molecule has 1 N–H and O–H groups in total. The van der Waals surface area contributed by atoms with E-state index >= 15 is 0 Å². The lowest BCUT2D eigenvalue weighted by Crippen LogP contribution is -2.03. The molecule has 0 saturated heterocycles. The number of thiophene rings is 1. The van der Waals surface area contributed by atoms with Crippen LogP contribution in [0.3, 0.4) is 0 Å². The van der Waals surface area contributed by atoms with E-state index in [1.54, 1.807) is 17.8 Å². The van der Waals surface area contributed by atoms with Crippen LogP contribution in [0.5, 0.6) is 0 Å². The highest BCUT2D eigenvalue weighted by Crippen LogP contribution is 2.38. The van der Waals surface area contributed by atoms with Gasteiger partial charge in [-0.2, -0.15) is 5.10 Å². The number of aliphatic hydroxyl groups is 1. The Hall–Kier alpha value is -0.550. The maximum Gasteiger partial charge on any atom is 0.133 e. The summed E-state index contributed by atoms with van der Waals surface area (Å²) in [5, 5.41) is 17.7. The smallest absolute Gasteiger partial charge is 0.133 e. The summed E-state index contributed by atoms with van der Waals surface area (Å²) in [4.78, 5) is 0.702. The van der Waals surface area contributed by atoms with Gasteiger partial charge in [-0.15, -0.1) is 11.3 Å². The molecule has 2 aromatic rings. The molecule has 0 fully saturated rings. The molecule has 2 aromatic heterocycles. The summed E-state index contributed by atoms with van der Waals surface area (Å²) in [5.41, 5.74) is 1.46. The molecular formula is C12H14Cl2N2OS. The van der Waals surface area contributed by atoms with Gasteiger partial charge in [-0.1, -0.05) is 37.0 Å². The molecule has 0 aromatic carbocycles. The van der Waals surface area contributed by atoms with Crippen LogP contribution in [0.15, 0.2) is 11.4 Å². The third-order valence-electron chi connectivity index (χ3n) is 2.75. The van der Waals surface area contributed by atoms with Crippen LogP contribution in [0, 0.1) is 0 Å². The SMILES string of the molecule is CC(C)c1nn(C)c(Cl)c1C(O)c1sccc1Cl. The van der Waals surface area contributed by atoms with Crippen molar-refractivity contribution in [2.45, 2.75) is 25.9 Å². The highest BCUT2D eigenvalue weighted by atomic mass is 35.5. The van der Waals surface area contributed by atoms with E-state index in [2.05, 4.69) is 5.10 Å². The molecule has 0 spiro atoms. The molecule has 0 aliphatic heterocycles. The van der Waals surface area contributed by atoms with Crippen LogP contribution < -0.4 is 0 Å². The zero-order chi connectivity index (χ0) is 13.4. The molecule has 2 heterocycles. The number of aromatic nitrogens is 2. The second kappa shape index (κ2) is 5.21. The van der Waals surface area contributed by atoms with Crippen LogP contribution >= 0.6 is 34.5 Å². The molecular weight excluding hydrogens is 291 g/mol. The van der Waals surface area contributed by atoms with Gasteiger partial charge in [0.15, 0.2) is 0 Å². The standard InChI is InChI=1S/C12H14Cl2N2OS/c1-6(2)9-8(12(14)16(3)15-9)10(17)11-7(13)4-5-18-11/h4-6,10,17H,1-3H3. The highest BCUT2D eigenvalue weighted by molar-refractivity contribution is 7.10. The van der Waals surface area contributed by atoms with Crippen LogP contribution in [0.4, 0.5) is 0 Å². The first-order valence-corrected chi connectivity index (χ1v) is 7.20. The van der Waals surface area contributed by atoms with Gasteiger partial charge in [0.25, 0.3) is 0 Å². The van der Waals surface area contributed by atoms with Crippen molar-refractivity contribution in [2.24, 2.45) is 7.05 Å². The largest absolute Gasteiger partial charge is 0.383 e. The summed E-state index contributed by atoms with van der Waals surface area (Å²) in [6.45, 7) is 4.04. The minimum absolute atomic E-state index is 0.187. The number of hydrogen-bond donors (Lipinski definition) is 1. The second-order valence-electron chi connectivity index (χ2n) is 4.40. The molecule has 2 rings (SSSR count). The quantitative estimate of drug-likeness (QED) is 0.931. The van der Waals surface area contributed by atoms with E-state index in [0.29, 0.717) is 20.6 Å². The molecule has 0 bridgehead atoms. The number of rotatable bonds is 3. The van der Waals surface area contributed by atoms with E-state index in [1.165, 1.54) is 11.3 Å². The number of hydrogen-bond acceptors (Lipinski definition) is 3. The van der Waals surface area contributed by atoms with E-state index in [4.69, 9.17) is 23.2 Å². The van der Waals surface area contributed by atoms with Gasteiger partial charge in [-0.3, -0.25) is 4.68 Å². The second-order valence-corrected chi connectivity index (χ2v) is 6.12. The topological polar surface area (TPSA) is 38.0 Å². The number of aliphatic hydroxyl groups excluding tert-OH is 1. The monoisotopic (exact) mass is 304 g/mol. The minimum atomic E-state index is -0.823. The lowest BCUT2D eigenvalue weighted by Gasteiger charge is -2.12. The van der Waals surface area contributed by atoms with Crippen LogP contribution in [0.1, 0.15) is 42.0 Å². The van der Waals surface area contributed by atoms with Crippen LogP contribution in [0.25, 0.3) is 0 Å². The normalized spacial score (nSPS) is 13.3. The Balaban J connectivity index is 2.54. The Bertz CT molecular complexity index is 562. The zero-order valence-corrected chi connectivity index (χ0v) is 12.6. The molecule has 1 atom stereocenters. The Morgan fingerprint density at radius 2 is 2.06 bits per heavy atom. The zero-order valence-electron chi connectivity index (χ0n) is 10.3. The maximum atomic E-state index is 10.5. The van der Waals surface area contributed by atoms with E-state index in [-0.39, 0.29) is 5.92 Å². The van der Waals surface area contributed by atoms with Gasteiger partial charge < -0.3 is 5.11 Å². The Morgan fingerprint density at radius 1 is 1.39 bits per heavy atom. The van der Waals surface area contributed by atoms with Crippen LogP contribution in [-0.2, 0) is 7.05 Å². The predicted molar refractivity (Wildman–Crippen MR) is 75.7 cm³/mol. The fraction of sp³-hybridized carbons (Fsp3) is 0.417. The van der Waals surface area contributed by atoms with Crippen molar-refractivity contribution >= 4 is 34.5 Å². The molecule has 3 nitrogen and oxygen atoms in total. The Labute approximate surface area is 120 Å². The summed E-state index contributed by atoms with van der Waals surface area (Å²) in [5.74, 6) is 0.187. The van der Waals surface area contributed by atoms with Crippen molar-refractivity contribution in [3.05, 3.63) is 37.8 Å². The van der Waals surface area contributed by atoms with Gasteiger partial charge in [-0.05, 0) is 17.4 Å². The van der Waals surface area contributed by atoms with Gasteiger partial charge in [0.2, 0.25) is 0 Å². The summed E-state index contributed by atoms with van der Waals surface area (Å²) < 4.78 is 1.58. The summed E-state index contributed by atoms with van der Waals surface area (Å²) in [6.07, 6.45) is -0.823. The molecule has 1 unspecified atom stereocenters. The maximum absolute atomic E-state index is 10.5. The molecule has 18 heavy (non-hydrogen) atoms. The van der Waals surface area contributed by atoms with Gasteiger partial charge >= 0.3 is 0 Å². The van der Waals surface area contributed by atoms with Crippen LogP contribution in [-0.4, -0.2) is 14.9 Å². The summed E-state index contributed by atoms with van der Waals surface area (Å²) in [6, 6.07) is 1.77. The first-order chi connectivity index (χ1) is 8.43. The van der Waals surface area contributed by atoms with Gasteiger partial charge in [0.1, 0.15) is 11.3 Å². The number of nitrogens with zero attached hydrogens (tertiary/aromatic N) is 2. The van der Waals surface area contributed by atoms with E-state index in [1.807, 2.05) is 19.2 Å². The fourth-order valence-electron chi connectivity index (χ4n) is 1.85. The lowest BCUT2D eigenvalue weighted by molar-refractivity contribution is 0.222.